The minimum absolute atomic E-state index is 0.203. The molecule has 4 nitrogen and oxygen atoms in total. The van der Waals surface area contributed by atoms with E-state index in [4.69, 9.17) is 23.2 Å². The Hall–Kier alpha value is -2.56. The van der Waals surface area contributed by atoms with Crippen LogP contribution in [0.4, 0.5) is 0 Å². The Balaban J connectivity index is 1.77. The van der Waals surface area contributed by atoms with Gasteiger partial charge in [-0.05, 0) is 53.0 Å². The zero-order chi connectivity index (χ0) is 21.3. The lowest BCUT2D eigenvalue weighted by Gasteiger charge is -2.24. The van der Waals surface area contributed by atoms with Gasteiger partial charge < -0.3 is 10.6 Å². The number of rotatable bonds is 8. The third-order valence-corrected chi connectivity index (χ3v) is 4.50. The first kappa shape index (κ1) is 22.7. The molecule has 2 N–H and O–H groups in total. The standard InChI is InChI=1S/C23H24Cl2N2O2/c1-23(2,15-26-21(28)11-9-17-5-3-7-19(24)13-17)16-27-22(29)12-10-18-6-4-8-20(25)14-18/h3-14H,15-16H2,1-2H3,(H,26,28)(H,27,29)/b11-9+,12-10+. The number of halogens is 2. The van der Waals surface area contributed by atoms with Crippen molar-refractivity contribution in [1.82, 2.24) is 10.6 Å². The van der Waals surface area contributed by atoms with Gasteiger partial charge in [-0.3, -0.25) is 9.59 Å². The first-order valence-corrected chi connectivity index (χ1v) is 9.92. The molecule has 0 spiro atoms. The van der Waals surface area contributed by atoms with E-state index in [0.717, 1.165) is 11.1 Å². The van der Waals surface area contributed by atoms with Crippen LogP contribution in [0.5, 0.6) is 0 Å². The number of nitrogens with one attached hydrogen (secondary N) is 2. The largest absolute Gasteiger partial charge is 0.352 e. The molecule has 0 saturated carbocycles. The monoisotopic (exact) mass is 430 g/mol. The van der Waals surface area contributed by atoms with Crippen molar-refractivity contribution in [3.63, 3.8) is 0 Å². The van der Waals surface area contributed by atoms with E-state index in [2.05, 4.69) is 10.6 Å². The van der Waals surface area contributed by atoms with Gasteiger partial charge >= 0.3 is 0 Å². The van der Waals surface area contributed by atoms with Crippen molar-refractivity contribution in [3.05, 3.63) is 81.9 Å². The highest BCUT2D eigenvalue weighted by atomic mass is 35.5. The molecular formula is C23H24Cl2N2O2. The number of amides is 2. The molecule has 0 unspecified atom stereocenters. The molecule has 0 aromatic heterocycles. The van der Waals surface area contributed by atoms with E-state index in [1.807, 2.05) is 38.1 Å². The summed E-state index contributed by atoms with van der Waals surface area (Å²) in [6.07, 6.45) is 6.34. The molecule has 2 amide bonds. The summed E-state index contributed by atoms with van der Waals surface area (Å²) in [6, 6.07) is 14.5. The summed E-state index contributed by atoms with van der Waals surface area (Å²) in [4.78, 5) is 24.1. The molecule has 2 aromatic carbocycles. The fraction of sp³-hybridized carbons (Fsp3) is 0.217. The Labute approximate surface area is 181 Å². The molecule has 0 fully saturated rings. The Morgan fingerprint density at radius 1 is 0.828 bits per heavy atom. The van der Waals surface area contributed by atoms with Gasteiger partial charge in [0, 0.05) is 35.3 Å². The van der Waals surface area contributed by atoms with Crippen LogP contribution in [-0.4, -0.2) is 24.9 Å². The van der Waals surface area contributed by atoms with Crippen LogP contribution in [0.3, 0.4) is 0 Å². The van der Waals surface area contributed by atoms with Gasteiger partial charge in [-0.2, -0.15) is 0 Å². The summed E-state index contributed by atoms with van der Waals surface area (Å²) >= 11 is 11.9. The summed E-state index contributed by atoms with van der Waals surface area (Å²) in [5.41, 5.74) is 1.40. The molecule has 0 radical (unpaired) electrons. The highest BCUT2D eigenvalue weighted by molar-refractivity contribution is 6.31. The Kier molecular flexibility index (Phi) is 8.50. The smallest absolute Gasteiger partial charge is 0.244 e. The van der Waals surface area contributed by atoms with Crippen molar-refractivity contribution in [2.75, 3.05) is 13.1 Å². The van der Waals surface area contributed by atoms with Crippen molar-refractivity contribution in [3.8, 4) is 0 Å². The second kappa shape index (κ2) is 10.8. The molecule has 2 aromatic rings. The summed E-state index contributed by atoms with van der Waals surface area (Å²) in [6.45, 7) is 4.78. The minimum Gasteiger partial charge on any atom is -0.352 e. The second-order valence-electron chi connectivity index (χ2n) is 7.38. The predicted octanol–water partition coefficient (Wildman–Crippen LogP) is 4.98. The van der Waals surface area contributed by atoms with Gasteiger partial charge in [0.1, 0.15) is 0 Å². The van der Waals surface area contributed by atoms with Crippen molar-refractivity contribution < 1.29 is 9.59 Å². The summed E-state index contributed by atoms with van der Waals surface area (Å²) in [7, 11) is 0. The fourth-order valence-corrected chi connectivity index (χ4v) is 2.79. The molecule has 0 aliphatic rings. The molecule has 0 aliphatic carbocycles. The van der Waals surface area contributed by atoms with Gasteiger partial charge in [-0.1, -0.05) is 61.3 Å². The predicted molar refractivity (Wildman–Crippen MR) is 121 cm³/mol. The van der Waals surface area contributed by atoms with Crippen LogP contribution in [0.15, 0.2) is 60.7 Å². The van der Waals surface area contributed by atoms with Crippen LogP contribution < -0.4 is 10.6 Å². The maximum atomic E-state index is 12.0. The quantitative estimate of drug-likeness (QED) is 0.580. The normalized spacial score (nSPS) is 11.7. The molecule has 152 valence electrons. The van der Waals surface area contributed by atoms with E-state index in [0.29, 0.717) is 23.1 Å². The van der Waals surface area contributed by atoms with Crippen LogP contribution in [0, 0.1) is 5.41 Å². The molecule has 29 heavy (non-hydrogen) atoms. The van der Waals surface area contributed by atoms with E-state index >= 15 is 0 Å². The minimum atomic E-state index is -0.306. The van der Waals surface area contributed by atoms with E-state index in [9.17, 15) is 9.59 Å². The molecule has 6 heteroatoms. The maximum absolute atomic E-state index is 12.0. The average Bonchev–Trinajstić information content (AvgIpc) is 2.68. The van der Waals surface area contributed by atoms with Gasteiger partial charge in [0.15, 0.2) is 0 Å². The summed E-state index contributed by atoms with van der Waals surface area (Å²) < 4.78 is 0. The van der Waals surface area contributed by atoms with Crippen molar-refractivity contribution >= 4 is 47.2 Å². The number of benzene rings is 2. The van der Waals surface area contributed by atoms with E-state index in [1.165, 1.54) is 12.2 Å². The van der Waals surface area contributed by atoms with Gasteiger partial charge in [0.2, 0.25) is 11.8 Å². The topological polar surface area (TPSA) is 58.2 Å². The molecule has 0 heterocycles. The first-order valence-electron chi connectivity index (χ1n) is 9.16. The molecule has 0 bridgehead atoms. The lowest BCUT2D eigenvalue weighted by Crippen LogP contribution is -2.41. The summed E-state index contributed by atoms with van der Waals surface area (Å²) in [5.74, 6) is -0.407. The number of hydrogen-bond acceptors (Lipinski definition) is 2. The van der Waals surface area contributed by atoms with Crippen molar-refractivity contribution in [2.24, 2.45) is 5.41 Å². The Bertz CT molecular complexity index is 847. The lowest BCUT2D eigenvalue weighted by molar-refractivity contribution is -0.116. The molecule has 0 aliphatic heterocycles. The van der Waals surface area contributed by atoms with E-state index in [1.54, 1.807) is 36.4 Å². The lowest BCUT2D eigenvalue weighted by atomic mass is 9.93. The molecule has 2 rings (SSSR count). The zero-order valence-electron chi connectivity index (χ0n) is 16.4. The van der Waals surface area contributed by atoms with Crippen LogP contribution in [0.1, 0.15) is 25.0 Å². The Morgan fingerprint density at radius 3 is 1.62 bits per heavy atom. The highest BCUT2D eigenvalue weighted by Crippen LogP contribution is 2.14. The second-order valence-corrected chi connectivity index (χ2v) is 8.25. The van der Waals surface area contributed by atoms with Crippen molar-refractivity contribution in [1.29, 1.82) is 0 Å². The van der Waals surface area contributed by atoms with Gasteiger partial charge in [-0.15, -0.1) is 0 Å². The van der Waals surface area contributed by atoms with Crippen molar-refractivity contribution in [2.45, 2.75) is 13.8 Å². The number of hydrogen-bond donors (Lipinski definition) is 2. The van der Waals surface area contributed by atoms with E-state index < -0.39 is 0 Å². The maximum Gasteiger partial charge on any atom is 0.244 e. The highest BCUT2D eigenvalue weighted by Gasteiger charge is 2.19. The Morgan fingerprint density at radius 2 is 1.24 bits per heavy atom. The SMILES string of the molecule is CC(C)(CNC(=O)/C=C/c1cccc(Cl)c1)CNC(=O)/C=C/c1cccc(Cl)c1. The number of carbonyl (C=O) groups excluding carboxylic acids is 2. The average molecular weight is 431 g/mol. The molecule has 0 atom stereocenters. The fourth-order valence-electron chi connectivity index (χ4n) is 2.40. The molecule has 0 saturated heterocycles. The third kappa shape index (κ3) is 8.99. The van der Waals surface area contributed by atoms with Gasteiger partial charge in [-0.25, -0.2) is 0 Å². The van der Waals surface area contributed by atoms with Gasteiger partial charge in [0.25, 0.3) is 0 Å². The molecular weight excluding hydrogens is 407 g/mol. The van der Waals surface area contributed by atoms with E-state index in [-0.39, 0.29) is 17.2 Å². The van der Waals surface area contributed by atoms with Crippen LogP contribution in [0.25, 0.3) is 12.2 Å². The van der Waals surface area contributed by atoms with Crippen LogP contribution >= 0.6 is 23.2 Å². The van der Waals surface area contributed by atoms with Crippen LogP contribution in [0.2, 0.25) is 10.0 Å². The van der Waals surface area contributed by atoms with Gasteiger partial charge in [0.05, 0.1) is 0 Å². The third-order valence-electron chi connectivity index (χ3n) is 4.03. The number of carbonyl (C=O) groups is 2. The first-order chi connectivity index (χ1) is 13.7. The summed E-state index contributed by atoms with van der Waals surface area (Å²) in [5, 5.41) is 6.94. The zero-order valence-corrected chi connectivity index (χ0v) is 17.9. The van der Waals surface area contributed by atoms with Crippen LogP contribution in [-0.2, 0) is 9.59 Å².